The van der Waals surface area contributed by atoms with Crippen molar-refractivity contribution in [3.8, 4) is 5.75 Å². The summed E-state index contributed by atoms with van der Waals surface area (Å²) in [5.41, 5.74) is -0.480. The van der Waals surface area contributed by atoms with Crippen LogP contribution in [0.4, 0.5) is 26.7 Å². The van der Waals surface area contributed by atoms with Crippen LogP contribution in [-0.4, -0.2) is 25.0 Å². The van der Waals surface area contributed by atoms with Crippen LogP contribution in [0.3, 0.4) is 0 Å². The van der Waals surface area contributed by atoms with Gasteiger partial charge < -0.3 is 14.8 Å². The van der Waals surface area contributed by atoms with Gasteiger partial charge in [-0.1, -0.05) is 18.2 Å². The summed E-state index contributed by atoms with van der Waals surface area (Å²) in [6.45, 7) is -1.22. The van der Waals surface area contributed by atoms with Gasteiger partial charge in [0.1, 0.15) is 11.8 Å². The highest BCUT2D eigenvalue weighted by Gasteiger charge is 2.48. The van der Waals surface area contributed by atoms with Gasteiger partial charge in [-0.15, -0.1) is 13.2 Å². The van der Waals surface area contributed by atoms with E-state index in [1.807, 2.05) is 0 Å². The molecule has 0 aliphatic carbocycles. The molecule has 0 unspecified atom stereocenters. The molecule has 1 amide bonds. The van der Waals surface area contributed by atoms with Crippen LogP contribution in [0.2, 0.25) is 0 Å². The van der Waals surface area contributed by atoms with Gasteiger partial charge in [0.15, 0.2) is 6.61 Å². The Balaban J connectivity index is 2.38. The molecule has 0 spiro atoms. The molecule has 0 bridgehead atoms. The first-order valence-electron chi connectivity index (χ1n) is 5.35. The lowest BCUT2D eigenvalue weighted by molar-refractivity contribution is -0.275. The Kier molecular flexibility index (Phi) is 3.45. The van der Waals surface area contributed by atoms with Crippen LogP contribution in [-0.2, 0) is 4.74 Å². The minimum atomic E-state index is -5.03. The first kappa shape index (κ1) is 14.4. The average Bonchev–Trinajstić information content (AvgIpc) is 2.31. The fourth-order valence-corrected chi connectivity index (χ4v) is 1.75. The predicted octanol–water partition coefficient (Wildman–Crippen LogP) is 3.00. The molecule has 2 rings (SSSR count). The van der Waals surface area contributed by atoms with Crippen LogP contribution in [0.1, 0.15) is 11.6 Å². The van der Waals surface area contributed by atoms with E-state index in [9.17, 15) is 26.7 Å². The SMILES string of the molecule is O=C1N[C@@H](c2ccccc2OC(F)(F)F)C(F)(F)CO1. The molecular formula is C11H8F5NO3. The van der Waals surface area contributed by atoms with E-state index in [4.69, 9.17) is 0 Å². The number of cyclic esters (lactones) is 1. The number of hydrogen-bond donors (Lipinski definition) is 1. The van der Waals surface area contributed by atoms with Crippen LogP contribution in [0.15, 0.2) is 24.3 Å². The Morgan fingerprint density at radius 2 is 1.95 bits per heavy atom. The molecule has 1 aliphatic heterocycles. The summed E-state index contributed by atoms with van der Waals surface area (Å²) >= 11 is 0. The van der Waals surface area contributed by atoms with Gasteiger partial charge in [-0.3, -0.25) is 0 Å². The number of hydrogen-bond acceptors (Lipinski definition) is 3. The second kappa shape index (κ2) is 4.80. The van der Waals surface area contributed by atoms with E-state index in [1.165, 1.54) is 12.1 Å². The van der Waals surface area contributed by atoms with Gasteiger partial charge in [-0.25, -0.2) is 13.6 Å². The van der Waals surface area contributed by atoms with E-state index < -0.39 is 42.3 Å². The number of alkyl carbamates (subject to hydrolysis) is 1. The van der Waals surface area contributed by atoms with Crippen LogP contribution < -0.4 is 10.1 Å². The summed E-state index contributed by atoms with van der Waals surface area (Å²) in [6, 6.07) is 2.41. The number of amides is 1. The van der Waals surface area contributed by atoms with E-state index in [0.29, 0.717) is 0 Å². The van der Waals surface area contributed by atoms with Gasteiger partial charge in [0, 0.05) is 5.56 Å². The lowest BCUT2D eigenvalue weighted by Crippen LogP contribution is -2.49. The van der Waals surface area contributed by atoms with Crippen molar-refractivity contribution in [3.63, 3.8) is 0 Å². The molecule has 1 saturated heterocycles. The van der Waals surface area contributed by atoms with Gasteiger partial charge in [-0.2, -0.15) is 0 Å². The van der Waals surface area contributed by atoms with Gasteiger partial charge in [-0.05, 0) is 6.07 Å². The van der Waals surface area contributed by atoms with Crippen LogP contribution in [0, 0.1) is 0 Å². The molecule has 1 atom stereocenters. The molecule has 1 fully saturated rings. The van der Waals surface area contributed by atoms with E-state index in [2.05, 4.69) is 9.47 Å². The molecule has 0 saturated carbocycles. The summed E-state index contributed by atoms with van der Waals surface area (Å²) in [6.07, 6.45) is -6.16. The zero-order chi connectivity index (χ0) is 15.0. The number of carbonyl (C=O) groups is 1. The van der Waals surface area contributed by atoms with Crippen LogP contribution in [0.5, 0.6) is 5.75 Å². The molecule has 1 aliphatic rings. The Morgan fingerprint density at radius 3 is 2.60 bits per heavy atom. The Labute approximate surface area is 109 Å². The molecule has 20 heavy (non-hydrogen) atoms. The molecule has 4 nitrogen and oxygen atoms in total. The molecule has 0 aromatic heterocycles. The number of benzene rings is 1. The average molecular weight is 297 g/mol. The zero-order valence-corrected chi connectivity index (χ0v) is 9.71. The number of ether oxygens (including phenoxy) is 2. The third kappa shape index (κ3) is 3.09. The van der Waals surface area contributed by atoms with Crippen molar-refractivity contribution in [2.24, 2.45) is 0 Å². The lowest BCUT2D eigenvalue weighted by Gasteiger charge is -2.32. The van der Waals surface area contributed by atoms with Crippen molar-refractivity contribution < 1.29 is 36.2 Å². The number of carbonyl (C=O) groups excluding carboxylic acids is 1. The van der Waals surface area contributed by atoms with Gasteiger partial charge in [0.05, 0.1) is 0 Å². The van der Waals surface area contributed by atoms with E-state index in [1.54, 1.807) is 5.32 Å². The van der Waals surface area contributed by atoms with E-state index >= 15 is 0 Å². The number of halogens is 5. The van der Waals surface area contributed by atoms with Gasteiger partial charge in [0.25, 0.3) is 0 Å². The molecule has 9 heteroatoms. The fraction of sp³-hybridized carbons (Fsp3) is 0.364. The van der Waals surface area contributed by atoms with Crippen molar-refractivity contribution in [1.82, 2.24) is 5.32 Å². The fourth-order valence-electron chi connectivity index (χ4n) is 1.75. The van der Waals surface area contributed by atoms with Crippen molar-refractivity contribution in [2.75, 3.05) is 6.61 Å². The first-order valence-corrected chi connectivity index (χ1v) is 5.35. The Morgan fingerprint density at radius 1 is 1.30 bits per heavy atom. The second-order valence-electron chi connectivity index (χ2n) is 4.00. The summed E-state index contributed by atoms with van der Waals surface area (Å²) in [4.78, 5) is 11.0. The third-order valence-corrected chi connectivity index (χ3v) is 2.54. The maximum Gasteiger partial charge on any atom is 0.573 e. The molecule has 1 aromatic carbocycles. The van der Waals surface area contributed by atoms with Crippen molar-refractivity contribution in [3.05, 3.63) is 29.8 Å². The number of rotatable bonds is 2. The van der Waals surface area contributed by atoms with Crippen molar-refractivity contribution in [1.29, 1.82) is 0 Å². The van der Waals surface area contributed by atoms with E-state index in [0.717, 1.165) is 12.1 Å². The summed E-state index contributed by atoms with van der Waals surface area (Å²) in [5, 5.41) is 1.79. The highest BCUT2D eigenvalue weighted by atomic mass is 19.4. The zero-order valence-electron chi connectivity index (χ0n) is 9.71. The topological polar surface area (TPSA) is 47.6 Å². The molecule has 1 heterocycles. The minimum Gasteiger partial charge on any atom is -0.443 e. The predicted molar refractivity (Wildman–Crippen MR) is 55.3 cm³/mol. The standard InChI is InChI=1S/C11H8F5NO3/c12-10(13)5-19-9(18)17-8(10)6-3-1-2-4-7(6)20-11(14,15)16/h1-4,8H,5H2,(H,17,18)/t8-/m0/s1. The van der Waals surface area contributed by atoms with Crippen molar-refractivity contribution in [2.45, 2.75) is 18.3 Å². The Hall–Kier alpha value is -2.06. The molecule has 1 N–H and O–H groups in total. The highest BCUT2D eigenvalue weighted by molar-refractivity contribution is 5.69. The van der Waals surface area contributed by atoms with E-state index in [-0.39, 0.29) is 0 Å². The summed E-state index contributed by atoms with van der Waals surface area (Å²) in [7, 11) is 0. The Bertz CT molecular complexity index is 517. The monoisotopic (exact) mass is 297 g/mol. The maximum atomic E-state index is 13.7. The minimum absolute atomic E-state index is 0.480. The first-order chi connectivity index (χ1) is 9.19. The normalized spacial score (nSPS) is 21.9. The number of nitrogens with one attached hydrogen (secondary N) is 1. The molecule has 110 valence electrons. The molecule has 0 radical (unpaired) electrons. The summed E-state index contributed by atoms with van der Waals surface area (Å²) in [5.74, 6) is -4.36. The lowest BCUT2D eigenvalue weighted by atomic mass is 9.99. The highest BCUT2D eigenvalue weighted by Crippen LogP contribution is 2.39. The maximum absolute atomic E-state index is 13.7. The third-order valence-electron chi connectivity index (χ3n) is 2.54. The van der Waals surface area contributed by atoms with Crippen LogP contribution in [0.25, 0.3) is 0 Å². The van der Waals surface area contributed by atoms with Gasteiger partial charge in [0.2, 0.25) is 0 Å². The number of para-hydroxylation sites is 1. The molecular weight excluding hydrogens is 289 g/mol. The quantitative estimate of drug-likeness (QED) is 0.854. The van der Waals surface area contributed by atoms with Crippen molar-refractivity contribution >= 4 is 6.09 Å². The van der Waals surface area contributed by atoms with Gasteiger partial charge >= 0.3 is 18.4 Å². The smallest absolute Gasteiger partial charge is 0.443 e. The summed E-state index contributed by atoms with van der Waals surface area (Å²) < 4.78 is 71.8. The molecule has 1 aromatic rings. The largest absolute Gasteiger partial charge is 0.573 e. The number of alkyl halides is 5. The second-order valence-corrected chi connectivity index (χ2v) is 4.00. The van der Waals surface area contributed by atoms with Crippen LogP contribution >= 0.6 is 0 Å².